The van der Waals surface area contributed by atoms with Crippen LogP contribution < -0.4 is 4.74 Å². The number of piperidine rings is 1. The molecule has 3 heteroatoms. The molecule has 3 nitrogen and oxygen atoms in total. The summed E-state index contributed by atoms with van der Waals surface area (Å²) in [6.45, 7) is 5.74. The number of aliphatic hydroxyl groups is 1. The number of aliphatic hydroxyl groups excluding tert-OH is 1. The molecule has 1 saturated heterocycles. The first-order chi connectivity index (χ1) is 9.60. The van der Waals surface area contributed by atoms with Crippen LogP contribution in [-0.2, 0) is 6.42 Å². The molecular formula is C17H25NO2. The van der Waals surface area contributed by atoms with Crippen LogP contribution in [0.15, 0.2) is 18.2 Å². The van der Waals surface area contributed by atoms with Gasteiger partial charge in [0, 0.05) is 12.1 Å². The normalized spacial score (nSPS) is 34.0. The van der Waals surface area contributed by atoms with E-state index in [4.69, 9.17) is 4.74 Å². The molecule has 1 aliphatic heterocycles. The van der Waals surface area contributed by atoms with E-state index < -0.39 is 0 Å². The maximum absolute atomic E-state index is 10.7. The minimum atomic E-state index is -0.379. The zero-order valence-corrected chi connectivity index (χ0v) is 12.7. The van der Waals surface area contributed by atoms with Gasteiger partial charge in [-0.25, -0.2) is 0 Å². The van der Waals surface area contributed by atoms with Crippen LogP contribution in [0.3, 0.4) is 0 Å². The standard InChI is InChI=1S/C17H25NO2/c1-11-6-7-18(12(2)8-11)16-9-13-4-5-14(20-3)10-15(13)17(16)19/h4-5,10-12,16-17,19H,6-9H2,1-3H3. The minimum Gasteiger partial charge on any atom is -0.497 e. The Labute approximate surface area is 121 Å². The number of rotatable bonds is 2. The van der Waals surface area contributed by atoms with E-state index >= 15 is 0 Å². The first kappa shape index (κ1) is 13.9. The number of hydrogen-bond acceptors (Lipinski definition) is 3. The largest absolute Gasteiger partial charge is 0.497 e. The highest BCUT2D eigenvalue weighted by Crippen LogP contribution is 2.39. The van der Waals surface area contributed by atoms with Gasteiger partial charge in [-0.2, -0.15) is 0 Å². The summed E-state index contributed by atoms with van der Waals surface area (Å²) < 4.78 is 5.28. The average molecular weight is 275 g/mol. The van der Waals surface area contributed by atoms with Crippen molar-refractivity contribution in [1.29, 1.82) is 0 Å². The average Bonchev–Trinajstić information content (AvgIpc) is 2.76. The van der Waals surface area contributed by atoms with Gasteiger partial charge in [-0.15, -0.1) is 0 Å². The van der Waals surface area contributed by atoms with Crippen LogP contribution in [-0.4, -0.2) is 35.7 Å². The molecule has 1 heterocycles. The predicted octanol–water partition coefficient (Wildman–Crippen LogP) is 2.77. The smallest absolute Gasteiger partial charge is 0.119 e. The quantitative estimate of drug-likeness (QED) is 0.901. The molecule has 2 aliphatic rings. The zero-order valence-electron chi connectivity index (χ0n) is 12.7. The fraction of sp³-hybridized carbons (Fsp3) is 0.647. The number of hydrogen-bond donors (Lipinski definition) is 1. The van der Waals surface area contributed by atoms with Crippen LogP contribution >= 0.6 is 0 Å². The number of nitrogens with zero attached hydrogens (tertiary/aromatic N) is 1. The highest BCUT2D eigenvalue weighted by atomic mass is 16.5. The maximum atomic E-state index is 10.7. The number of fused-ring (bicyclic) bond motifs is 1. The molecule has 20 heavy (non-hydrogen) atoms. The van der Waals surface area contributed by atoms with Gasteiger partial charge in [0.05, 0.1) is 13.2 Å². The third kappa shape index (κ3) is 2.33. The lowest BCUT2D eigenvalue weighted by atomic mass is 9.91. The Balaban J connectivity index is 1.81. The number of likely N-dealkylation sites (tertiary alicyclic amines) is 1. The first-order valence-electron chi connectivity index (χ1n) is 7.70. The van der Waals surface area contributed by atoms with Crippen molar-refractivity contribution in [1.82, 2.24) is 4.90 Å². The topological polar surface area (TPSA) is 32.7 Å². The Morgan fingerprint density at radius 1 is 1.30 bits per heavy atom. The Morgan fingerprint density at radius 2 is 2.10 bits per heavy atom. The van der Waals surface area contributed by atoms with Gasteiger partial charge in [-0.3, -0.25) is 4.90 Å². The fourth-order valence-electron chi connectivity index (χ4n) is 3.92. The van der Waals surface area contributed by atoms with Crippen molar-refractivity contribution in [3.05, 3.63) is 29.3 Å². The molecule has 0 aromatic heterocycles. The molecule has 110 valence electrons. The molecule has 0 saturated carbocycles. The summed E-state index contributed by atoms with van der Waals surface area (Å²) in [5.41, 5.74) is 2.33. The van der Waals surface area contributed by atoms with Gasteiger partial charge >= 0.3 is 0 Å². The molecule has 0 spiro atoms. The highest BCUT2D eigenvalue weighted by Gasteiger charge is 2.38. The van der Waals surface area contributed by atoms with E-state index in [1.807, 2.05) is 12.1 Å². The number of benzene rings is 1. The van der Waals surface area contributed by atoms with Crippen molar-refractivity contribution in [3.63, 3.8) is 0 Å². The van der Waals surface area contributed by atoms with E-state index in [0.717, 1.165) is 30.2 Å². The number of methoxy groups -OCH3 is 1. The third-order valence-electron chi connectivity index (χ3n) is 5.08. The first-order valence-corrected chi connectivity index (χ1v) is 7.70. The second kappa shape index (κ2) is 5.38. The molecule has 1 aliphatic carbocycles. The van der Waals surface area contributed by atoms with E-state index in [1.165, 1.54) is 18.4 Å². The third-order valence-corrected chi connectivity index (χ3v) is 5.08. The molecule has 4 atom stereocenters. The van der Waals surface area contributed by atoms with Crippen molar-refractivity contribution in [2.75, 3.05) is 13.7 Å². The van der Waals surface area contributed by atoms with Crippen LogP contribution in [0.4, 0.5) is 0 Å². The van der Waals surface area contributed by atoms with E-state index in [9.17, 15) is 5.11 Å². The van der Waals surface area contributed by atoms with E-state index in [-0.39, 0.29) is 12.1 Å². The maximum Gasteiger partial charge on any atom is 0.119 e. The summed E-state index contributed by atoms with van der Waals surface area (Å²) in [6.07, 6.45) is 3.06. The van der Waals surface area contributed by atoms with Gasteiger partial charge < -0.3 is 9.84 Å². The van der Waals surface area contributed by atoms with E-state index in [1.54, 1.807) is 7.11 Å². The van der Waals surface area contributed by atoms with Gasteiger partial charge in [0.2, 0.25) is 0 Å². The van der Waals surface area contributed by atoms with Crippen molar-refractivity contribution in [3.8, 4) is 5.75 Å². The lowest BCUT2D eigenvalue weighted by Gasteiger charge is -2.41. The van der Waals surface area contributed by atoms with Crippen LogP contribution in [0.2, 0.25) is 0 Å². The fourth-order valence-corrected chi connectivity index (χ4v) is 3.92. The molecule has 0 radical (unpaired) electrons. The Kier molecular flexibility index (Phi) is 3.74. The summed E-state index contributed by atoms with van der Waals surface area (Å²) in [5, 5.41) is 10.7. The highest BCUT2D eigenvalue weighted by molar-refractivity contribution is 5.42. The summed E-state index contributed by atoms with van der Waals surface area (Å²) >= 11 is 0. The molecule has 1 N–H and O–H groups in total. The summed E-state index contributed by atoms with van der Waals surface area (Å²) in [5.74, 6) is 1.64. The van der Waals surface area contributed by atoms with Crippen LogP contribution in [0.25, 0.3) is 0 Å². The second-order valence-electron chi connectivity index (χ2n) is 6.50. The monoisotopic (exact) mass is 275 g/mol. The second-order valence-corrected chi connectivity index (χ2v) is 6.50. The van der Waals surface area contributed by atoms with Crippen LogP contribution in [0, 0.1) is 5.92 Å². The predicted molar refractivity (Wildman–Crippen MR) is 80.0 cm³/mol. The van der Waals surface area contributed by atoms with Gasteiger partial charge in [0.25, 0.3) is 0 Å². The van der Waals surface area contributed by atoms with Gasteiger partial charge in [0.1, 0.15) is 5.75 Å². The Morgan fingerprint density at radius 3 is 2.80 bits per heavy atom. The van der Waals surface area contributed by atoms with Gasteiger partial charge in [-0.1, -0.05) is 13.0 Å². The van der Waals surface area contributed by atoms with Crippen molar-refractivity contribution in [2.45, 2.75) is 51.3 Å². The lowest BCUT2D eigenvalue weighted by molar-refractivity contribution is 0.0115. The lowest BCUT2D eigenvalue weighted by Crippen LogP contribution is -2.48. The Bertz CT molecular complexity index is 488. The molecule has 0 amide bonds. The van der Waals surface area contributed by atoms with Gasteiger partial charge in [-0.05, 0) is 61.9 Å². The summed E-state index contributed by atoms with van der Waals surface area (Å²) in [6, 6.07) is 6.90. The molecule has 1 fully saturated rings. The van der Waals surface area contributed by atoms with Crippen molar-refractivity contribution in [2.24, 2.45) is 5.92 Å². The van der Waals surface area contributed by atoms with Crippen molar-refractivity contribution < 1.29 is 9.84 Å². The van der Waals surface area contributed by atoms with Gasteiger partial charge in [0.15, 0.2) is 0 Å². The zero-order chi connectivity index (χ0) is 14.3. The molecule has 1 aromatic rings. The minimum absolute atomic E-state index is 0.236. The van der Waals surface area contributed by atoms with E-state index in [0.29, 0.717) is 6.04 Å². The molecule has 3 rings (SSSR count). The molecular weight excluding hydrogens is 250 g/mol. The van der Waals surface area contributed by atoms with Crippen LogP contribution in [0.1, 0.15) is 43.9 Å². The molecule has 1 aromatic carbocycles. The van der Waals surface area contributed by atoms with E-state index in [2.05, 4.69) is 24.8 Å². The molecule has 0 bridgehead atoms. The number of ether oxygens (including phenoxy) is 1. The summed E-state index contributed by atoms with van der Waals surface area (Å²) in [4.78, 5) is 2.51. The van der Waals surface area contributed by atoms with Crippen molar-refractivity contribution >= 4 is 0 Å². The Hall–Kier alpha value is -1.06. The SMILES string of the molecule is COc1ccc2c(c1)C(O)C(N1CCC(C)CC1C)C2. The molecule has 4 unspecified atom stereocenters. The van der Waals surface area contributed by atoms with Crippen LogP contribution in [0.5, 0.6) is 5.75 Å². The summed E-state index contributed by atoms with van der Waals surface area (Å²) in [7, 11) is 1.68.